The lowest BCUT2D eigenvalue weighted by Crippen LogP contribution is -2.17. The molecule has 0 amide bonds. The highest BCUT2D eigenvalue weighted by atomic mass is 19.1. The number of nitrogen functional groups attached to an aromatic ring is 1. The third kappa shape index (κ3) is 9.58. The highest BCUT2D eigenvalue weighted by molar-refractivity contribution is 6.03. The number of nitrogens with zero attached hydrogens (tertiary/aromatic N) is 1. The van der Waals surface area contributed by atoms with Crippen molar-refractivity contribution in [1.29, 1.82) is 0 Å². The monoisotopic (exact) mass is 392 g/mol. The SMILES string of the molecule is C=CC(C)(F)c1ccc(N)nc1CC(C)C.CC.CC(=O)/C(C)=C(/C)C(C)=O. The molecular formula is C23H37FN2O2. The van der Waals surface area contributed by atoms with Gasteiger partial charge in [0.25, 0.3) is 0 Å². The number of anilines is 1. The van der Waals surface area contributed by atoms with Gasteiger partial charge in [0, 0.05) is 11.3 Å². The van der Waals surface area contributed by atoms with Crippen molar-refractivity contribution in [2.45, 2.75) is 74.4 Å². The summed E-state index contributed by atoms with van der Waals surface area (Å²) in [6, 6.07) is 3.32. The zero-order valence-corrected chi connectivity index (χ0v) is 18.9. The number of carbonyl (C=O) groups is 2. The summed E-state index contributed by atoms with van der Waals surface area (Å²) in [4.78, 5) is 25.6. The molecule has 0 aliphatic carbocycles. The van der Waals surface area contributed by atoms with Crippen LogP contribution in [0.15, 0.2) is 35.9 Å². The molecule has 0 bridgehead atoms. The molecule has 158 valence electrons. The van der Waals surface area contributed by atoms with Crippen molar-refractivity contribution >= 4 is 17.4 Å². The van der Waals surface area contributed by atoms with E-state index in [9.17, 15) is 14.0 Å². The number of ketones is 2. The first kappa shape index (κ1) is 27.9. The lowest BCUT2D eigenvalue weighted by molar-refractivity contribution is -0.116. The summed E-state index contributed by atoms with van der Waals surface area (Å²) < 4.78 is 14.2. The summed E-state index contributed by atoms with van der Waals surface area (Å²) in [6.45, 7) is 19.4. The average Bonchev–Trinajstić information content (AvgIpc) is 2.61. The second-order valence-electron chi connectivity index (χ2n) is 6.97. The quantitative estimate of drug-likeness (QED) is 0.493. The minimum atomic E-state index is -1.55. The van der Waals surface area contributed by atoms with Gasteiger partial charge in [-0.05, 0) is 64.2 Å². The summed E-state index contributed by atoms with van der Waals surface area (Å²) in [5.74, 6) is 0.772. The molecule has 0 saturated heterocycles. The lowest BCUT2D eigenvalue weighted by atomic mass is 9.92. The van der Waals surface area contributed by atoms with Crippen LogP contribution in [0.25, 0.3) is 0 Å². The normalized spacial score (nSPS) is 13.1. The maximum Gasteiger partial charge on any atom is 0.155 e. The molecule has 0 aromatic carbocycles. The molecule has 28 heavy (non-hydrogen) atoms. The Hall–Kier alpha value is -2.30. The maximum absolute atomic E-state index is 14.2. The number of rotatable bonds is 6. The van der Waals surface area contributed by atoms with Crippen LogP contribution in [-0.4, -0.2) is 16.6 Å². The molecule has 0 saturated carbocycles. The Morgan fingerprint density at radius 2 is 1.57 bits per heavy atom. The molecule has 2 N–H and O–H groups in total. The molecule has 0 aliphatic rings. The lowest BCUT2D eigenvalue weighted by Gasteiger charge is -2.20. The van der Waals surface area contributed by atoms with E-state index in [1.54, 1.807) is 26.0 Å². The van der Waals surface area contributed by atoms with Crippen molar-refractivity contribution in [3.63, 3.8) is 0 Å². The summed E-state index contributed by atoms with van der Waals surface area (Å²) in [5.41, 5.74) is 6.49. The standard InChI is InChI=1S/C13H19FN2.C8H12O2.C2H6/c1-5-13(4,14)10-6-7-12(15)16-11(10)8-9(2)3;1-5(7(3)9)6(2)8(4)10;1-2/h5-7,9H,1,8H2,2-4H3,(H2,15,16);1-4H3;1-2H3/b;6-5-;. The zero-order chi connectivity index (χ0) is 22.7. The molecule has 0 radical (unpaired) electrons. The summed E-state index contributed by atoms with van der Waals surface area (Å²) >= 11 is 0. The topological polar surface area (TPSA) is 73.0 Å². The molecular weight excluding hydrogens is 355 g/mol. The van der Waals surface area contributed by atoms with Gasteiger partial charge in [0.2, 0.25) is 0 Å². The predicted octanol–water partition coefficient (Wildman–Crippen LogP) is 5.76. The van der Waals surface area contributed by atoms with Crippen molar-refractivity contribution in [3.8, 4) is 0 Å². The van der Waals surface area contributed by atoms with E-state index >= 15 is 0 Å². The second-order valence-corrected chi connectivity index (χ2v) is 6.97. The van der Waals surface area contributed by atoms with Crippen molar-refractivity contribution in [2.24, 2.45) is 5.92 Å². The largest absolute Gasteiger partial charge is 0.384 e. The van der Waals surface area contributed by atoms with Gasteiger partial charge in [-0.1, -0.05) is 46.4 Å². The van der Waals surface area contributed by atoms with Gasteiger partial charge < -0.3 is 5.73 Å². The highest BCUT2D eigenvalue weighted by Gasteiger charge is 2.25. The van der Waals surface area contributed by atoms with Crippen molar-refractivity contribution in [1.82, 2.24) is 4.98 Å². The smallest absolute Gasteiger partial charge is 0.155 e. The van der Waals surface area contributed by atoms with Crippen molar-refractivity contribution in [2.75, 3.05) is 5.73 Å². The van der Waals surface area contributed by atoms with E-state index in [1.165, 1.54) is 26.8 Å². The first-order valence-electron chi connectivity index (χ1n) is 9.61. The van der Waals surface area contributed by atoms with E-state index in [2.05, 4.69) is 25.4 Å². The number of nitrogens with two attached hydrogens (primary N) is 1. The Labute approximate surface area is 170 Å². The Morgan fingerprint density at radius 3 is 1.89 bits per heavy atom. The van der Waals surface area contributed by atoms with Crippen LogP contribution in [0.1, 0.15) is 73.6 Å². The molecule has 1 heterocycles. The van der Waals surface area contributed by atoms with E-state index in [0.717, 1.165) is 5.69 Å². The van der Waals surface area contributed by atoms with E-state index in [1.807, 2.05) is 13.8 Å². The molecule has 1 unspecified atom stereocenters. The molecule has 1 atom stereocenters. The average molecular weight is 393 g/mol. The molecule has 5 heteroatoms. The molecule has 1 rings (SSSR count). The molecule has 0 spiro atoms. The zero-order valence-electron chi connectivity index (χ0n) is 18.9. The van der Waals surface area contributed by atoms with Gasteiger partial charge in [0.1, 0.15) is 5.82 Å². The number of aromatic nitrogens is 1. The van der Waals surface area contributed by atoms with Crippen LogP contribution < -0.4 is 5.73 Å². The Bertz CT molecular complexity index is 683. The van der Waals surface area contributed by atoms with Gasteiger partial charge in [-0.3, -0.25) is 9.59 Å². The Kier molecular flexibility index (Phi) is 12.9. The van der Waals surface area contributed by atoms with Crippen molar-refractivity contribution < 1.29 is 14.0 Å². The summed E-state index contributed by atoms with van der Waals surface area (Å²) in [7, 11) is 0. The molecule has 4 nitrogen and oxygen atoms in total. The van der Waals surface area contributed by atoms with Crippen LogP contribution in [0.5, 0.6) is 0 Å². The second kappa shape index (κ2) is 13.0. The molecule has 0 fully saturated rings. The fraction of sp³-hybridized carbons (Fsp3) is 0.522. The molecule has 0 aliphatic heterocycles. The van der Waals surface area contributed by atoms with E-state index < -0.39 is 5.67 Å². The van der Waals surface area contributed by atoms with Gasteiger partial charge in [-0.2, -0.15) is 0 Å². The number of Topliss-reactive ketones (excluding diaryl/α,β-unsaturated/α-hetero) is 2. The van der Waals surface area contributed by atoms with Crippen LogP contribution in [0, 0.1) is 5.92 Å². The number of allylic oxidation sites excluding steroid dienone is 3. The minimum Gasteiger partial charge on any atom is -0.384 e. The number of hydrogen-bond acceptors (Lipinski definition) is 4. The van der Waals surface area contributed by atoms with Gasteiger partial charge in [0.15, 0.2) is 17.2 Å². The third-order valence-electron chi connectivity index (χ3n) is 4.13. The van der Waals surface area contributed by atoms with Crippen LogP contribution in [0.3, 0.4) is 0 Å². The van der Waals surface area contributed by atoms with Crippen LogP contribution in [0.2, 0.25) is 0 Å². The number of carbonyl (C=O) groups excluding carboxylic acids is 2. The van der Waals surface area contributed by atoms with E-state index in [-0.39, 0.29) is 11.6 Å². The maximum atomic E-state index is 14.2. The third-order valence-corrected chi connectivity index (χ3v) is 4.13. The van der Waals surface area contributed by atoms with E-state index in [0.29, 0.717) is 34.9 Å². The highest BCUT2D eigenvalue weighted by Crippen LogP contribution is 2.30. The number of pyridine rings is 1. The van der Waals surface area contributed by atoms with E-state index in [4.69, 9.17) is 5.73 Å². The first-order valence-corrected chi connectivity index (χ1v) is 9.61. The molecule has 1 aromatic rings. The Balaban J connectivity index is 0. The molecule has 1 aromatic heterocycles. The van der Waals surface area contributed by atoms with Crippen LogP contribution >= 0.6 is 0 Å². The summed E-state index contributed by atoms with van der Waals surface area (Å²) in [6.07, 6.45) is 2.01. The first-order chi connectivity index (χ1) is 12.8. The number of halogens is 1. The minimum absolute atomic E-state index is 0.0345. The Morgan fingerprint density at radius 1 is 1.14 bits per heavy atom. The predicted molar refractivity (Wildman–Crippen MR) is 117 cm³/mol. The van der Waals surface area contributed by atoms with Crippen molar-refractivity contribution in [3.05, 3.63) is 47.2 Å². The van der Waals surface area contributed by atoms with Crippen LogP contribution in [-0.2, 0) is 21.7 Å². The fourth-order valence-corrected chi connectivity index (χ4v) is 2.14. The summed E-state index contributed by atoms with van der Waals surface area (Å²) in [5, 5.41) is 0. The number of alkyl halides is 1. The van der Waals surface area contributed by atoms with Gasteiger partial charge in [-0.15, -0.1) is 0 Å². The fourth-order valence-electron chi connectivity index (χ4n) is 2.14. The number of hydrogen-bond donors (Lipinski definition) is 1. The van der Waals surface area contributed by atoms with Gasteiger partial charge in [0.05, 0.1) is 0 Å². The van der Waals surface area contributed by atoms with Gasteiger partial charge in [-0.25, -0.2) is 9.37 Å². The van der Waals surface area contributed by atoms with Gasteiger partial charge >= 0.3 is 0 Å². The van der Waals surface area contributed by atoms with Crippen LogP contribution in [0.4, 0.5) is 10.2 Å².